The van der Waals surface area contributed by atoms with Gasteiger partial charge in [-0.25, -0.2) is 14.8 Å². The van der Waals surface area contributed by atoms with Crippen LogP contribution in [0.2, 0.25) is 0 Å². The maximum Gasteiger partial charge on any atom is 0.339 e. The molecule has 0 aliphatic heterocycles. The molecule has 0 aliphatic carbocycles. The molecular weight excluding hydrogens is 238 g/mol. The Balaban J connectivity index is 1.85. The molecule has 8 heteroatoms. The first-order valence-corrected chi connectivity index (χ1v) is 5.26. The van der Waals surface area contributed by atoms with Crippen molar-refractivity contribution in [1.29, 1.82) is 0 Å². The van der Waals surface area contributed by atoms with Crippen LogP contribution in [0.4, 0.5) is 0 Å². The Bertz CT molecular complexity index is 514. The van der Waals surface area contributed by atoms with Gasteiger partial charge in [-0.3, -0.25) is 0 Å². The second kappa shape index (κ2) is 5.82. The molecule has 0 aliphatic rings. The van der Waals surface area contributed by atoms with Gasteiger partial charge in [0.15, 0.2) is 6.33 Å². The van der Waals surface area contributed by atoms with Crippen molar-refractivity contribution in [2.75, 3.05) is 6.54 Å². The molecule has 2 rings (SSSR count). The summed E-state index contributed by atoms with van der Waals surface area (Å²) in [5.74, 6) is -0.507. The molecule has 0 unspecified atom stereocenters. The van der Waals surface area contributed by atoms with Crippen LogP contribution in [0, 0.1) is 0 Å². The van der Waals surface area contributed by atoms with E-state index in [-0.39, 0.29) is 5.56 Å². The van der Waals surface area contributed by atoms with Crippen molar-refractivity contribution in [2.24, 2.45) is 0 Å². The van der Waals surface area contributed by atoms with Crippen molar-refractivity contribution >= 4 is 5.97 Å². The molecule has 0 radical (unpaired) electrons. The molecule has 0 saturated heterocycles. The summed E-state index contributed by atoms with van der Waals surface area (Å²) in [4.78, 5) is 22.4. The quantitative estimate of drug-likeness (QED) is 0.681. The first kappa shape index (κ1) is 12.1. The highest BCUT2D eigenvalue weighted by molar-refractivity contribution is 5.88. The Morgan fingerprint density at radius 2 is 2.28 bits per heavy atom. The van der Waals surface area contributed by atoms with Crippen LogP contribution in [0.3, 0.4) is 0 Å². The number of carboxylic acids is 1. The zero-order valence-corrected chi connectivity index (χ0v) is 9.41. The fraction of sp³-hybridized carbons (Fsp3) is 0.300. The molecule has 0 fully saturated rings. The Labute approximate surface area is 102 Å². The van der Waals surface area contributed by atoms with Gasteiger partial charge in [0.25, 0.3) is 0 Å². The minimum Gasteiger partial charge on any atom is -0.478 e. The van der Waals surface area contributed by atoms with E-state index in [1.165, 1.54) is 18.9 Å². The normalized spacial score (nSPS) is 10.4. The van der Waals surface area contributed by atoms with E-state index in [1.54, 1.807) is 0 Å². The lowest BCUT2D eigenvalue weighted by molar-refractivity contribution is 0.0694. The molecule has 0 bridgehead atoms. The monoisotopic (exact) mass is 249 g/mol. The van der Waals surface area contributed by atoms with E-state index < -0.39 is 5.97 Å². The summed E-state index contributed by atoms with van der Waals surface area (Å²) < 4.78 is 4.83. The Morgan fingerprint density at radius 1 is 1.39 bits per heavy atom. The average Bonchev–Trinajstić information content (AvgIpc) is 2.88. The van der Waals surface area contributed by atoms with Gasteiger partial charge in [0.05, 0.1) is 5.69 Å². The first-order chi connectivity index (χ1) is 8.77. The number of aromatic nitrogens is 4. The standard InChI is InChI=1S/C10H11N5O3/c16-10(17)7-3-12-5-13-8(7)4-11-2-1-9-14-6-15-18-9/h3,5-6,11H,1-2,4H2,(H,16,17). The number of carbonyl (C=O) groups is 1. The molecule has 2 aromatic rings. The van der Waals surface area contributed by atoms with Crippen LogP contribution >= 0.6 is 0 Å². The number of nitrogens with zero attached hydrogens (tertiary/aromatic N) is 4. The van der Waals surface area contributed by atoms with Crippen LogP contribution in [0.1, 0.15) is 21.9 Å². The third-order valence-corrected chi connectivity index (χ3v) is 2.24. The third kappa shape index (κ3) is 3.08. The molecule has 0 atom stereocenters. The van der Waals surface area contributed by atoms with Gasteiger partial charge in [0.2, 0.25) is 5.89 Å². The van der Waals surface area contributed by atoms with Crippen molar-refractivity contribution in [3.63, 3.8) is 0 Å². The molecule has 2 N–H and O–H groups in total. The molecule has 0 spiro atoms. The zero-order valence-electron chi connectivity index (χ0n) is 9.41. The number of nitrogens with one attached hydrogen (secondary N) is 1. The summed E-state index contributed by atoms with van der Waals surface area (Å²) in [6.45, 7) is 0.934. The zero-order chi connectivity index (χ0) is 12.8. The lowest BCUT2D eigenvalue weighted by atomic mass is 10.2. The van der Waals surface area contributed by atoms with Crippen molar-refractivity contribution in [1.82, 2.24) is 25.4 Å². The van der Waals surface area contributed by atoms with E-state index in [0.29, 0.717) is 31.1 Å². The van der Waals surface area contributed by atoms with Crippen LogP contribution < -0.4 is 5.32 Å². The predicted octanol–water partition coefficient (Wildman–Crippen LogP) is -0.110. The Hall–Kier alpha value is -2.35. The van der Waals surface area contributed by atoms with Crippen LogP contribution in [0.25, 0.3) is 0 Å². The minimum atomic E-state index is -1.04. The highest BCUT2D eigenvalue weighted by atomic mass is 16.5. The number of hydrogen-bond acceptors (Lipinski definition) is 7. The lowest BCUT2D eigenvalue weighted by Crippen LogP contribution is -2.20. The first-order valence-electron chi connectivity index (χ1n) is 5.26. The summed E-state index contributed by atoms with van der Waals surface area (Å²) in [6.07, 6.45) is 4.52. The summed E-state index contributed by atoms with van der Waals surface area (Å²) in [7, 11) is 0. The number of rotatable bonds is 6. The number of hydrogen-bond donors (Lipinski definition) is 2. The van der Waals surface area contributed by atoms with E-state index in [2.05, 4.69) is 25.4 Å². The van der Waals surface area contributed by atoms with Gasteiger partial charge >= 0.3 is 5.97 Å². The van der Waals surface area contributed by atoms with E-state index in [1.807, 2.05) is 0 Å². The Kier molecular flexibility index (Phi) is 3.92. The van der Waals surface area contributed by atoms with Crippen LogP contribution in [-0.2, 0) is 13.0 Å². The van der Waals surface area contributed by atoms with Gasteiger partial charge in [-0.05, 0) is 0 Å². The second-order valence-corrected chi connectivity index (χ2v) is 3.45. The summed E-state index contributed by atoms with van der Waals surface area (Å²) in [6, 6.07) is 0. The van der Waals surface area contributed by atoms with E-state index in [9.17, 15) is 4.79 Å². The van der Waals surface area contributed by atoms with Crippen molar-refractivity contribution in [3.8, 4) is 0 Å². The fourth-order valence-corrected chi connectivity index (χ4v) is 1.38. The summed E-state index contributed by atoms with van der Waals surface area (Å²) in [5.41, 5.74) is 0.547. The predicted molar refractivity (Wildman–Crippen MR) is 58.7 cm³/mol. The van der Waals surface area contributed by atoms with Gasteiger partial charge in [0.1, 0.15) is 11.9 Å². The van der Waals surface area contributed by atoms with E-state index >= 15 is 0 Å². The van der Waals surface area contributed by atoms with Gasteiger partial charge in [-0.15, -0.1) is 0 Å². The molecule has 0 amide bonds. The Morgan fingerprint density at radius 3 is 3.00 bits per heavy atom. The minimum absolute atomic E-state index is 0.0998. The number of carboxylic acid groups (broad SMARTS) is 1. The largest absolute Gasteiger partial charge is 0.478 e. The molecule has 0 saturated carbocycles. The lowest BCUT2D eigenvalue weighted by Gasteiger charge is -2.04. The highest BCUT2D eigenvalue weighted by Gasteiger charge is 2.10. The highest BCUT2D eigenvalue weighted by Crippen LogP contribution is 2.03. The summed E-state index contributed by atoms with van der Waals surface area (Å²) in [5, 5.41) is 15.5. The molecule has 18 heavy (non-hydrogen) atoms. The topological polar surface area (TPSA) is 114 Å². The maximum absolute atomic E-state index is 10.9. The van der Waals surface area contributed by atoms with Crippen LogP contribution in [0.15, 0.2) is 23.4 Å². The fourth-order valence-electron chi connectivity index (χ4n) is 1.38. The molecule has 2 aromatic heterocycles. The number of aromatic carboxylic acids is 1. The van der Waals surface area contributed by atoms with Gasteiger partial charge in [-0.1, -0.05) is 5.16 Å². The molecular formula is C10H11N5O3. The second-order valence-electron chi connectivity index (χ2n) is 3.45. The van der Waals surface area contributed by atoms with E-state index in [0.717, 1.165) is 0 Å². The van der Waals surface area contributed by atoms with Crippen LogP contribution in [0.5, 0.6) is 0 Å². The van der Waals surface area contributed by atoms with E-state index in [4.69, 9.17) is 9.63 Å². The smallest absolute Gasteiger partial charge is 0.339 e. The van der Waals surface area contributed by atoms with Crippen LogP contribution in [-0.4, -0.2) is 37.7 Å². The summed E-state index contributed by atoms with van der Waals surface area (Å²) >= 11 is 0. The SMILES string of the molecule is O=C(O)c1cncnc1CNCCc1ncno1. The van der Waals surface area contributed by atoms with Crippen molar-refractivity contribution in [3.05, 3.63) is 36.0 Å². The molecule has 94 valence electrons. The van der Waals surface area contributed by atoms with Gasteiger partial charge in [0, 0.05) is 25.7 Å². The maximum atomic E-state index is 10.9. The molecule has 0 aromatic carbocycles. The van der Waals surface area contributed by atoms with Crippen molar-refractivity contribution < 1.29 is 14.4 Å². The third-order valence-electron chi connectivity index (χ3n) is 2.24. The van der Waals surface area contributed by atoms with Gasteiger partial charge < -0.3 is 14.9 Å². The molecule has 2 heterocycles. The van der Waals surface area contributed by atoms with Gasteiger partial charge in [-0.2, -0.15) is 4.98 Å². The average molecular weight is 249 g/mol. The van der Waals surface area contributed by atoms with Crippen molar-refractivity contribution in [2.45, 2.75) is 13.0 Å². The molecule has 8 nitrogen and oxygen atoms in total.